The van der Waals surface area contributed by atoms with Gasteiger partial charge in [0.15, 0.2) is 0 Å². The molecule has 2 amide bonds. The lowest BCUT2D eigenvalue weighted by Crippen LogP contribution is -2.54. The highest BCUT2D eigenvalue weighted by Crippen LogP contribution is 2.32. The number of rotatable bonds is 7. The molecule has 2 aromatic rings. The second-order valence-corrected chi connectivity index (χ2v) is 12.8. The topological polar surface area (TPSA) is 103 Å². The SMILES string of the molecule is C[C@H](C(=O)N1CC[C@H](NS(=N)(=O)C(F)(F)F)[C@@H]1Cc1cccc(-c2cc(F)cc(F)c2)c1F)N(C)C(=O)OC(C)(C)C. The van der Waals surface area contributed by atoms with Gasteiger partial charge in [-0.2, -0.15) is 13.2 Å². The minimum Gasteiger partial charge on any atom is -0.444 e. The number of benzene rings is 2. The maximum Gasteiger partial charge on any atom is 0.492 e. The average molecular weight is 623 g/mol. The molecular weight excluding hydrogens is 590 g/mol. The van der Waals surface area contributed by atoms with Crippen LogP contribution in [0.15, 0.2) is 36.4 Å². The smallest absolute Gasteiger partial charge is 0.444 e. The predicted octanol–water partition coefficient (Wildman–Crippen LogP) is 5.61. The average Bonchev–Trinajstić information content (AvgIpc) is 3.22. The first-order valence-corrected chi connectivity index (χ1v) is 14.4. The summed E-state index contributed by atoms with van der Waals surface area (Å²) in [5, 5.41) is 0. The van der Waals surface area contributed by atoms with E-state index >= 15 is 4.39 Å². The van der Waals surface area contributed by atoms with Gasteiger partial charge in [0, 0.05) is 31.3 Å². The number of alkyl halides is 3. The third-order valence-electron chi connectivity index (χ3n) is 6.77. The molecule has 42 heavy (non-hydrogen) atoms. The van der Waals surface area contributed by atoms with Crippen molar-refractivity contribution < 1.29 is 44.9 Å². The second-order valence-electron chi connectivity index (χ2n) is 11.0. The molecule has 1 fully saturated rings. The van der Waals surface area contributed by atoms with Crippen molar-refractivity contribution in [2.45, 2.75) is 69.8 Å². The van der Waals surface area contributed by atoms with Gasteiger partial charge < -0.3 is 9.64 Å². The van der Waals surface area contributed by atoms with Crippen LogP contribution in [0.5, 0.6) is 0 Å². The lowest BCUT2D eigenvalue weighted by Gasteiger charge is -2.34. The van der Waals surface area contributed by atoms with Crippen molar-refractivity contribution in [2.24, 2.45) is 0 Å². The van der Waals surface area contributed by atoms with Crippen molar-refractivity contribution >= 4 is 21.9 Å². The van der Waals surface area contributed by atoms with Crippen LogP contribution in [0.4, 0.5) is 31.1 Å². The van der Waals surface area contributed by atoms with E-state index in [4.69, 9.17) is 9.52 Å². The summed E-state index contributed by atoms with van der Waals surface area (Å²) in [6.45, 7) is 6.10. The normalized spacial score (nSPS) is 19.7. The van der Waals surface area contributed by atoms with E-state index in [1.165, 1.54) is 32.2 Å². The van der Waals surface area contributed by atoms with E-state index < -0.39 is 75.0 Å². The molecule has 0 radical (unpaired) electrons. The van der Waals surface area contributed by atoms with E-state index in [-0.39, 0.29) is 29.7 Å². The Bertz CT molecular complexity index is 1420. The molecule has 1 heterocycles. The van der Waals surface area contributed by atoms with Crippen LogP contribution in [0.2, 0.25) is 0 Å². The molecule has 3 rings (SSSR count). The fourth-order valence-electron chi connectivity index (χ4n) is 4.59. The number of nitrogens with one attached hydrogen (secondary N) is 2. The summed E-state index contributed by atoms with van der Waals surface area (Å²) in [4.78, 5) is 28.2. The molecular formula is C27H32F6N4O4S. The summed E-state index contributed by atoms with van der Waals surface area (Å²) in [7, 11) is -4.04. The van der Waals surface area contributed by atoms with Gasteiger partial charge in [0.25, 0.3) is 0 Å². The Morgan fingerprint density at radius 3 is 2.29 bits per heavy atom. The maximum absolute atomic E-state index is 15.7. The van der Waals surface area contributed by atoms with Crippen LogP contribution in [0.1, 0.15) is 39.7 Å². The Labute approximate surface area is 240 Å². The Hall–Kier alpha value is -3.33. The molecule has 1 aliphatic heterocycles. The fourth-order valence-corrected chi connectivity index (χ4v) is 5.42. The molecule has 0 aromatic heterocycles. The molecule has 2 aromatic carbocycles. The number of amides is 2. The van der Waals surface area contributed by atoms with Crippen molar-refractivity contribution in [1.29, 1.82) is 4.78 Å². The van der Waals surface area contributed by atoms with Crippen molar-refractivity contribution in [3.8, 4) is 11.1 Å². The van der Waals surface area contributed by atoms with Crippen LogP contribution in [-0.4, -0.2) is 68.8 Å². The number of nitrogens with zero attached hydrogens (tertiary/aromatic N) is 2. The number of carbonyl (C=O) groups is 2. The molecule has 1 unspecified atom stereocenters. The molecule has 4 atom stereocenters. The zero-order valence-corrected chi connectivity index (χ0v) is 24.3. The summed E-state index contributed by atoms with van der Waals surface area (Å²) in [5.41, 5.74) is -6.72. The van der Waals surface area contributed by atoms with Gasteiger partial charge in [-0.25, -0.2) is 31.7 Å². The number of hydrogen-bond acceptors (Lipinski definition) is 5. The number of carbonyl (C=O) groups excluding carboxylic acids is 2. The summed E-state index contributed by atoms with van der Waals surface area (Å²) in [6, 6.07) is 2.62. The predicted molar refractivity (Wildman–Crippen MR) is 143 cm³/mol. The van der Waals surface area contributed by atoms with Gasteiger partial charge in [-0.05, 0) is 63.8 Å². The van der Waals surface area contributed by atoms with Crippen LogP contribution in [-0.2, 0) is 25.9 Å². The van der Waals surface area contributed by atoms with Crippen LogP contribution in [0, 0.1) is 22.2 Å². The first-order valence-electron chi connectivity index (χ1n) is 12.8. The molecule has 1 aliphatic rings. The third kappa shape index (κ3) is 7.54. The van der Waals surface area contributed by atoms with Crippen LogP contribution in [0.25, 0.3) is 11.1 Å². The number of likely N-dealkylation sites (N-methyl/N-ethyl adjacent to an activating group) is 1. The van der Waals surface area contributed by atoms with E-state index in [0.29, 0.717) is 6.07 Å². The molecule has 15 heteroatoms. The molecule has 0 bridgehead atoms. The zero-order valence-electron chi connectivity index (χ0n) is 23.5. The summed E-state index contributed by atoms with van der Waals surface area (Å²) >= 11 is 0. The minimum absolute atomic E-state index is 0.106. The Morgan fingerprint density at radius 1 is 1.14 bits per heavy atom. The lowest BCUT2D eigenvalue weighted by molar-refractivity contribution is -0.136. The molecule has 0 saturated carbocycles. The van der Waals surface area contributed by atoms with Gasteiger partial charge in [-0.1, -0.05) is 18.2 Å². The highest BCUT2D eigenvalue weighted by atomic mass is 32.2. The van der Waals surface area contributed by atoms with E-state index in [2.05, 4.69) is 0 Å². The fraction of sp³-hybridized carbons (Fsp3) is 0.481. The van der Waals surface area contributed by atoms with E-state index in [9.17, 15) is 35.8 Å². The zero-order chi connectivity index (χ0) is 31.8. The van der Waals surface area contributed by atoms with Crippen molar-refractivity contribution in [2.75, 3.05) is 13.6 Å². The highest BCUT2D eigenvalue weighted by molar-refractivity contribution is 7.91. The summed E-state index contributed by atoms with van der Waals surface area (Å²) < 4.78 is 110. The van der Waals surface area contributed by atoms with Gasteiger partial charge >= 0.3 is 11.6 Å². The Kier molecular flexibility index (Phi) is 9.57. The first kappa shape index (κ1) is 33.2. The summed E-state index contributed by atoms with van der Waals surface area (Å²) in [6.07, 6.45) is -1.40. The Balaban J connectivity index is 1.99. The second kappa shape index (κ2) is 12.1. The van der Waals surface area contributed by atoms with Gasteiger partial charge in [0.05, 0.1) is 6.04 Å². The van der Waals surface area contributed by atoms with E-state index in [1.807, 2.05) is 0 Å². The summed E-state index contributed by atoms with van der Waals surface area (Å²) in [5.74, 6) is -3.54. The number of halogens is 6. The number of likely N-dealkylation sites (tertiary alicyclic amines) is 1. The van der Waals surface area contributed by atoms with Crippen molar-refractivity contribution in [3.05, 3.63) is 59.4 Å². The minimum atomic E-state index is -5.42. The Morgan fingerprint density at radius 2 is 1.74 bits per heavy atom. The van der Waals surface area contributed by atoms with Gasteiger partial charge in [-0.3, -0.25) is 9.69 Å². The van der Waals surface area contributed by atoms with Gasteiger partial charge in [0.2, 0.25) is 15.8 Å². The van der Waals surface area contributed by atoms with E-state index in [1.54, 1.807) is 25.5 Å². The largest absolute Gasteiger partial charge is 0.492 e. The quantitative estimate of drug-likeness (QED) is 0.392. The van der Waals surface area contributed by atoms with Crippen molar-refractivity contribution in [1.82, 2.24) is 14.5 Å². The highest BCUT2D eigenvalue weighted by Gasteiger charge is 2.48. The standard InChI is InChI=1S/C27H32F6N4O4S/c1-15(36(5)25(39)41-26(2,3)4)24(38)37-10-9-21(35-42(34,40)27(31,32)33)22(37)13-16-7-6-8-20(23(16)30)17-11-18(28)14-19(29)12-17/h6-8,11-12,14-15,21-22H,9-10,13H2,1-5H3,(H2,34,35,40)/t15-,21+,22+,42?/m1/s1. The molecule has 2 N–H and O–H groups in total. The van der Waals surface area contributed by atoms with Crippen LogP contribution in [0.3, 0.4) is 0 Å². The van der Waals surface area contributed by atoms with E-state index in [0.717, 1.165) is 21.9 Å². The molecule has 232 valence electrons. The molecule has 8 nitrogen and oxygen atoms in total. The van der Waals surface area contributed by atoms with Gasteiger partial charge in [-0.15, -0.1) is 0 Å². The molecule has 0 aliphatic carbocycles. The van der Waals surface area contributed by atoms with Gasteiger partial charge in [0.1, 0.15) is 29.1 Å². The molecule has 1 saturated heterocycles. The molecule has 0 spiro atoms. The third-order valence-corrected chi connectivity index (χ3v) is 8.06. The van der Waals surface area contributed by atoms with Crippen molar-refractivity contribution in [3.63, 3.8) is 0 Å². The first-order chi connectivity index (χ1) is 19.2. The maximum atomic E-state index is 15.7. The number of ether oxygens (including phenoxy) is 1. The monoisotopic (exact) mass is 622 g/mol. The number of hydrogen-bond donors (Lipinski definition) is 2. The van der Waals surface area contributed by atoms with Crippen LogP contribution < -0.4 is 4.72 Å². The van der Waals surface area contributed by atoms with Crippen LogP contribution >= 0.6 is 0 Å². The lowest BCUT2D eigenvalue weighted by atomic mass is 9.95.